The Hall–Kier alpha value is -0.810. The van der Waals surface area contributed by atoms with E-state index in [0.29, 0.717) is 11.5 Å². The van der Waals surface area contributed by atoms with E-state index < -0.39 is 0 Å². The first-order chi connectivity index (χ1) is 7.65. The lowest BCUT2D eigenvalue weighted by Gasteiger charge is -2.10. The van der Waals surface area contributed by atoms with Crippen molar-refractivity contribution in [2.75, 3.05) is 14.2 Å². The van der Waals surface area contributed by atoms with Crippen molar-refractivity contribution in [2.45, 2.75) is 0 Å². The number of ether oxygens (including phenoxy) is 2. The van der Waals surface area contributed by atoms with E-state index in [1.807, 2.05) is 18.2 Å². The molecule has 16 heavy (non-hydrogen) atoms. The number of nitrogens with zero attached hydrogens (tertiary/aromatic N) is 1. The van der Waals surface area contributed by atoms with Gasteiger partial charge < -0.3 is 9.47 Å². The van der Waals surface area contributed by atoms with Crippen LogP contribution >= 0.6 is 31.9 Å². The highest BCUT2D eigenvalue weighted by Crippen LogP contribution is 2.35. The lowest BCUT2D eigenvalue weighted by atomic mass is 10.1. The maximum absolute atomic E-state index is 5.25. The minimum atomic E-state index is 0.694. The van der Waals surface area contributed by atoms with Crippen molar-refractivity contribution >= 4 is 42.6 Å². The Morgan fingerprint density at radius 3 is 2.25 bits per heavy atom. The molecule has 2 rings (SSSR count). The number of benzene rings is 1. The maximum Gasteiger partial charge on any atom is 0.161 e. The SMILES string of the molecule is COc1cc2cc(Br)nc(Br)c2cc1OC. The first kappa shape index (κ1) is 11.7. The van der Waals surface area contributed by atoms with E-state index in [1.165, 1.54) is 0 Å². The number of hydrogen-bond acceptors (Lipinski definition) is 3. The van der Waals surface area contributed by atoms with Gasteiger partial charge in [-0.25, -0.2) is 4.98 Å². The highest BCUT2D eigenvalue weighted by atomic mass is 79.9. The van der Waals surface area contributed by atoms with Crippen molar-refractivity contribution in [3.05, 3.63) is 27.4 Å². The van der Waals surface area contributed by atoms with Crippen LogP contribution in [0.1, 0.15) is 0 Å². The average Bonchev–Trinajstić information content (AvgIpc) is 2.27. The second-order valence-corrected chi connectivity index (χ2v) is 4.73. The first-order valence-corrected chi connectivity index (χ1v) is 6.12. The summed E-state index contributed by atoms with van der Waals surface area (Å²) in [6.45, 7) is 0. The number of aromatic nitrogens is 1. The Bertz CT molecular complexity index is 543. The van der Waals surface area contributed by atoms with Crippen LogP contribution in [0.15, 0.2) is 27.4 Å². The van der Waals surface area contributed by atoms with Crippen LogP contribution in [0.2, 0.25) is 0 Å². The molecule has 0 saturated carbocycles. The summed E-state index contributed by atoms with van der Waals surface area (Å²) in [6, 6.07) is 5.76. The Morgan fingerprint density at radius 1 is 1.00 bits per heavy atom. The van der Waals surface area contributed by atoms with E-state index in [4.69, 9.17) is 9.47 Å². The quantitative estimate of drug-likeness (QED) is 0.775. The molecule has 5 heteroatoms. The molecule has 0 radical (unpaired) electrons. The molecule has 0 aliphatic rings. The molecule has 0 fully saturated rings. The minimum absolute atomic E-state index is 0.694. The third kappa shape index (κ3) is 2.01. The highest BCUT2D eigenvalue weighted by molar-refractivity contribution is 9.11. The van der Waals surface area contributed by atoms with Crippen LogP contribution in [0.4, 0.5) is 0 Å². The van der Waals surface area contributed by atoms with Crippen molar-refractivity contribution in [1.82, 2.24) is 4.98 Å². The summed E-state index contributed by atoms with van der Waals surface area (Å²) in [5, 5.41) is 2.02. The third-order valence-corrected chi connectivity index (χ3v) is 3.27. The predicted octanol–water partition coefficient (Wildman–Crippen LogP) is 3.78. The molecule has 84 valence electrons. The Morgan fingerprint density at radius 2 is 1.62 bits per heavy atom. The molecule has 2 aromatic rings. The fourth-order valence-electron chi connectivity index (χ4n) is 1.51. The monoisotopic (exact) mass is 345 g/mol. The van der Waals surface area contributed by atoms with Gasteiger partial charge in [0.1, 0.15) is 9.21 Å². The zero-order valence-corrected chi connectivity index (χ0v) is 11.9. The van der Waals surface area contributed by atoms with Crippen molar-refractivity contribution < 1.29 is 9.47 Å². The standard InChI is InChI=1S/C11H9Br2NO2/c1-15-8-3-6-4-10(12)14-11(13)7(6)5-9(8)16-2/h3-5H,1-2H3. The van der Waals surface area contributed by atoms with Gasteiger partial charge in [0.25, 0.3) is 0 Å². The fourth-order valence-corrected chi connectivity index (χ4v) is 2.70. The van der Waals surface area contributed by atoms with Gasteiger partial charge in [0.2, 0.25) is 0 Å². The number of hydrogen-bond donors (Lipinski definition) is 0. The molecule has 0 amide bonds. The number of halogens is 2. The van der Waals surface area contributed by atoms with Crippen LogP contribution in [0, 0.1) is 0 Å². The third-order valence-electron chi connectivity index (χ3n) is 2.26. The summed E-state index contributed by atoms with van der Waals surface area (Å²) >= 11 is 6.77. The van der Waals surface area contributed by atoms with Crippen molar-refractivity contribution in [3.63, 3.8) is 0 Å². The fraction of sp³-hybridized carbons (Fsp3) is 0.182. The molecular weight excluding hydrogens is 338 g/mol. The number of methoxy groups -OCH3 is 2. The molecule has 1 aromatic carbocycles. The van der Waals surface area contributed by atoms with E-state index in [2.05, 4.69) is 36.8 Å². The van der Waals surface area contributed by atoms with Crippen molar-refractivity contribution in [3.8, 4) is 11.5 Å². The van der Waals surface area contributed by atoms with E-state index in [9.17, 15) is 0 Å². The molecule has 0 saturated heterocycles. The number of fused-ring (bicyclic) bond motifs is 1. The topological polar surface area (TPSA) is 31.4 Å². The van der Waals surface area contributed by atoms with Gasteiger partial charge in [-0.2, -0.15) is 0 Å². The van der Waals surface area contributed by atoms with Gasteiger partial charge in [-0.1, -0.05) is 0 Å². The molecule has 0 bridgehead atoms. The number of pyridine rings is 1. The van der Waals surface area contributed by atoms with Gasteiger partial charge in [0.05, 0.1) is 14.2 Å². The largest absolute Gasteiger partial charge is 0.493 e. The van der Waals surface area contributed by atoms with Crippen LogP contribution < -0.4 is 9.47 Å². The molecule has 0 aliphatic heterocycles. The maximum atomic E-state index is 5.25. The summed E-state index contributed by atoms with van der Waals surface area (Å²) in [6.07, 6.45) is 0. The molecule has 0 N–H and O–H groups in total. The lowest BCUT2D eigenvalue weighted by molar-refractivity contribution is 0.356. The summed E-state index contributed by atoms with van der Waals surface area (Å²) in [4.78, 5) is 4.27. The molecule has 1 aromatic heterocycles. The van der Waals surface area contributed by atoms with Gasteiger partial charge in [-0.15, -0.1) is 0 Å². The van der Waals surface area contributed by atoms with E-state index in [0.717, 1.165) is 20.0 Å². The smallest absolute Gasteiger partial charge is 0.161 e. The van der Waals surface area contributed by atoms with Gasteiger partial charge in [0.15, 0.2) is 11.5 Å². The van der Waals surface area contributed by atoms with Gasteiger partial charge in [-0.05, 0) is 55.4 Å². The van der Waals surface area contributed by atoms with Crippen LogP contribution in [0.25, 0.3) is 10.8 Å². The molecule has 0 unspecified atom stereocenters. The second kappa shape index (κ2) is 4.59. The van der Waals surface area contributed by atoms with Crippen molar-refractivity contribution in [1.29, 1.82) is 0 Å². The van der Waals surface area contributed by atoms with Crippen LogP contribution in [0.5, 0.6) is 11.5 Å². The number of rotatable bonds is 2. The molecule has 0 spiro atoms. The molecular formula is C11H9Br2NO2. The van der Waals surface area contributed by atoms with Crippen LogP contribution in [-0.4, -0.2) is 19.2 Å². The molecule has 0 atom stereocenters. The first-order valence-electron chi connectivity index (χ1n) is 4.53. The van der Waals surface area contributed by atoms with Crippen LogP contribution in [-0.2, 0) is 0 Å². The van der Waals surface area contributed by atoms with E-state index in [-0.39, 0.29) is 0 Å². The molecule has 3 nitrogen and oxygen atoms in total. The normalized spacial score (nSPS) is 10.5. The summed E-state index contributed by atoms with van der Waals surface area (Å²) in [5.74, 6) is 1.40. The van der Waals surface area contributed by atoms with Crippen LogP contribution in [0.3, 0.4) is 0 Å². The zero-order chi connectivity index (χ0) is 11.7. The summed E-state index contributed by atoms with van der Waals surface area (Å²) in [5.41, 5.74) is 0. The highest BCUT2D eigenvalue weighted by Gasteiger charge is 2.09. The van der Waals surface area contributed by atoms with E-state index in [1.54, 1.807) is 14.2 Å². The second-order valence-electron chi connectivity index (χ2n) is 3.16. The average molecular weight is 347 g/mol. The summed E-state index contributed by atoms with van der Waals surface area (Å²) in [7, 11) is 3.23. The van der Waals surface area contributed by atoms with Crippen molar-refractivity contribution in [2.24, 2.45) is 0 Å². The van der Waals surface area contributed by atoms with Gasteiger partial charge in [0, 0.05) is 5.39 Å². The zero-order valence-electron chi connectivity index (χ0n) is 8.75. The minimum Gasteiger partial charge on any atom is -0.493 e. The molecule has 0 aliphatic carbocycles. The Balaban J connectivity index is 2.78. The van der Waals surface area contributed by atoms with Gasteiger partial charge in [-0.3, -0.25) is 0 Å². The predicted molar refractivity (Wildman–Crippen MR) is 70.2 cm³/mol. The Labute approximate surface area is 110 Å². The Kier molecular flexibility index (Phi) is 3.35. The van der Waals surface area contributed by atoms with E-state index >= 15 is 0 Å². The lowest BCUT2D eigenvalue weighted by Crippen LogP contribution is -1.91. The summed E-state index contributed by atoms with van der Waals surface area (Å²) < 4.78 is 12.0. The molecule has 1 heterocycles. The van der Waals surface area contributed by atoms with Gasteiger partial charge >= 0.3 is 0 Å².